The van der Waals surface area contributed by atoms with Gasteiger partial charge in [-0.1, -0.05) is 27.7 Å². The molecule has 0 aliphatic carbocycles. The number of aromatic nitrogens is 1. The Balaban J connectivity index is 0. The fraction of sp³-hybridized carbons (Fsp3) is 0.667. The predicted molar refractivity (Wildman–Crippen MR) is 102 cm³/mol. The maximum atomic E-state index is 5.47. The zero-order valence-electron chi connectivity index (χ0n) is 13.8. The predicted octanol–water partition coefficient (Wildman–Crippen LogP) is 5.75. The van der Waals surface area contributed by atoms with Crippen LogP contribution < -0.4 is 0 Å². The van der Waals surface area contributed by atoms with E-state index in [0.717, 1.165) is 29.6 Å². The summed E-state index contributed by atoms with van der Waals surface area (Å²) in [7, 11) is 0. The van der Waals surface area contributed by atoms with Crippen LogP contribution in [0.1, 0.15) is 46.0 Å². The van der Waals surface area contributed by atoms with Crippen LogP contribution in [0.3, 0.4) is 0 Å². The van der Waals surface area contributed by atoms with E-state index in [9.17, 15) is 0 Å². The largest absolute Gasteiger partial charge is 0.250 e. The lowest BCUT2D eigenvalue weighted by Gasteiger charge is -1.97. The van der Waals surface area contributed by atoms with Crippen LogP contribution in [0.2, 0.25) is 0 Å². The average Bonchev–Trinajstić information content (AvgIpc) is 2.94. The van der Waals surface area contributed by atoms with E-state index >= 15 is 0 Å². The highest BCUT2D eigenvalue weighted by Crippen LogP contribution is 2.09. The van der Waals surface area contributed by atoms with Crippen LogP contribution in [0.15, 0.2) is 21.8 Å². The Morgan fingerprint density at radius 2 is 2.14 bits per heavy atom. The Hall–Kier alpha value is -0.390. The normalized spacial score (nSPS) is 10.3. The van der Waals surface area contributed by atoms with E-state index < -0.39 is 0 Å². The van der Waals surface area contributed by atoms with E-state index in [-0.39, 0.29) is 0 Å². The van der Waals surface area contributed by atoms with Crippen molar-refractivity contribution >= 4 is 46.5 Å². The lowest BCUT2D eigenvalue weighted by Crippen LogP contribution is -1.91. The van der Waals surface area contributed by atoms with Crippen LogP contribution >= 0.6 is 34.7 Å². The third-order valence-corrected chi connectivity index (χ3v) is 3.93. The van der Waals surface area contributed by atoms with Gasteiger partial charge >= 0.3 is 0 Å². The SMILES string of the molecule is C=N/N=C(\C)SCCCCl.CC.CC(C)Cc1nccs1. The molecule has 1 rings (SSSR count). The molecule has 0 aliphatic rings. The van der Waals surface area contributed by atoms with E-state index in [4.69, 9.17) is 11.6 Å². The highest BCUT2D eigenvalue weighted by Gasteiger charge is 1.97. The summed E-state index contributed by atoms with van der Waals surface area (Å²) in [5, 5.41) is 11.4. The molecule has 0 aliphatic heterocycles. The van der Waals surface area contributed by atoms with E-state index in [2.05, 4.69) is 35.8 Å². The average molecular weight is 350 g/mol. The van der Waals surface area contributed by atoms with Crippen molar-refractivity contribution in [1.82, 2.24) is 4.98 Å². The first kappa shape index (κ1) is 22.9. The van der Waals surface area contributed by atoms with Crippen LogP contribution in [-0.2, 0) is 6.42 Å². The van der Waals surface area contributed by atoms with Crippen LogP contribution in [-0.4, -0.2) is 28.4 Å². The summed E-state index contributed by atoms with van der Waals surface area (Å²) < 4.78 is 0. The Bertz CT molecular complexity index is 352. The van der Waals surface area contributed by atoms with Crippen molar-refractivity contribution in [3.05, 3.63) is 16.6 Å². The summed E-state index contributed by atoms with van der Waals surface area (Å²) in [6.45, 7) is 13.6. The van der Waals surface area contributed by atoms with E-state index in [1.54, 1.807) is 23.1 Å². The van der Waals surface area contributed by atoms with Gasteiger partial charge in [0, 0.05) is 36.3 Å². The lowest BCUT2D eigenvalue weighted by molar-refractivity contribution is 0.644. The summed E-state index contributed by atoms with van der Waals surface area (Å²) in [5.41, 5.74) is 0. The standard InChI is InChI=1S/C7H11NS.C6H11ClN2S.C2H6/c1-6(2)5-7-8-3-4-9-7;1-6(9-8-2)10-5-3-4-7;1-2/h3-4,6H,5H2,1-2H3;2-5H2,1H3;1-2H3/b;9-6+;. The van der Waals surface area contributed by atoms with Gasteiger partial charge in [-0.25, -0.2) is 4.98 Å². The molecule has 3 nitrogen and oxygen atoms in total. The summed E-state index contributed by atoms with van der Waals surface area (Å²) in [6.07, 6.45) is 4.00. The molecule has 1 aromatic heterocycles. The first-order chi connectivity index (χ1) is 10.1. The number of hydrogen-bond donors (Lipinski definition) is 0. The fourth-order valence-electron chi connectivity index (χ4n) is 1.11. The molecule has 0 bridgehead atoms. The van der Waals surface area contributed by atoms with E-state index in [1.165, 1.54) is 5.01 Å². The molecule has 122 valence electrons. The molecule has 0 saturated carbocycles. The van der Waals surface area contributed by atoms with Gasteiger partial charge in [-0.15, -0.1) is 39.8 Å². The van der Waals surface area contributed by atoms with Gasteiger partial charge in [-0.3, -0.25) is 0 Å². The summed E-state index contributed by atoms with van der Waals surface area (Å²) >= 11 is 8.87. The van der Waals surface area contributed by atoms with Gasteiger partial charge in [0.05, 0.1) is 10.1 Å². The van der Waals surface area contributed by atoms with Gasteiger partial charge in [0.25, 0.3) is 0 Å². The molecule has 21 heavy (non-hydrogen) atoms. The first-order valence-corrected chi connectivity index (χ1v) is 9.57. The Morgan fingerprint density at radius 1 is 1.48 bits per heavy atom. The molecular formula is C15H28ClN3S2. The van der Waals surface area contributed by atoms with Gasteiger partial charge in [0.2, 0.25) is 0 Å². The highest BCUT2D eigenvalue weighted by atomic mass is 35.5. The monoisotopic (exact) mass is 349 g/mol. The molecule has 0 fully saturated rings. The molecule has 1 aromatic rings. The number of thioether (sulfide) groups is 1. The zero-order valence-corrected chi connectivity index (χ0v) is 16.2. The lowest BCUT2D eigenvalue weighted by atomic mass is 10.1. The maximum Gasteiger partial charge on any atom is 0.0927 e. The highest BCUT2D eigenvalue weighted by molar-refractivity contribution is 8.13. The molecule has 0 spiro atoms. The number of nitrogens with zero attached hydrogens (tertiary/aromatic N) is 3. The second-order valence-electron chi connectivity index (χ2n) is 4.18. The minimum absolute atomic E-state index is 0.710. The maximum absolute atomic E-state index is 5.47. The summed E-state index contributed by atoms with van der Waals surface area (Å²) in [6, 6.07) is 0. The topological polar surface area (TPSA) is 37.6 Å². The molecule has 6 heteroatoms. The van der Waals surface area contributed by atoms with Crippen molar-refractivity contribution in [2.75, 3.05) is 11.6 Å². The quantitative estimate of drug-likeness (QED) is 0.215. The smallest absolute Gasteiger partial charge is 0.0927 e. The van der Waals surface area contributed by atoms with Crippen molar-refractivity contribution in [3.8, 4) is 0 Å². The molecule has 1 heterocycles. The molecule has 0 atom stereocenters. The second-order valence-corrected chi connectivity index (χ2v) is 6.82. The number of rotatable bonds is 6. The molecule has 0 unspecified atom stereocenters. The van der Waals surface area contributed by atoms with Crippen molar-refractivity contribution in [1.29, 1.82) is 0 Å². The second kappa shape index (κ2) is 17.7. The van der Waals surface area contributed by atoms with Gasteiger partial charge in [-0.2, -0.15) is 5.10 Å². The molecule has 0 N–H and O–H groups in total. The van der Waals surface area contributed by atoms with Gasteiger partial charge in [0.15, 0.2) is 0 Å². The van der Waals surface area contributed by atoms with Crippen molar-refractivity contribution in [3.63, 3.8) is 0 Å². The van der Waals surface area contributed by atoms with Crippen LogP contribution in [0.25, 0.3) is 0 Å². The van der Waals surface area contributed by atoms with Crippen molar-refractivity contribution in [2.45, 2.75) is 47.5 Å². The van der Waals surface area contributed by atoms with Crippen molar-refractivity contribution < 1.29 is 0 Å². The van der Waals surface area contributed by atoms with Gasteiger partial charge < -0.3 is 0 Å². The van der Waals surface area contributed by atoms with E-state index in [0.29, 0.717) is 5.88 Å². The third-order valence-electron chi connectivity index (χ3n) is 1.87. The van der Waals surface area contributed by atoms with Gasteiger partial charge in [0.1, 0.15) is 0 Å². The van der Waals surface area contributed by atoms with Gasteiger partial charge in [-0.05, 0) is 19.3 Å². The molecule has 0 aromatic carbocycles. The summed E-state index contributed by atoms with van der Waals surface area (Å²) in [5.74, 6) is 2.45. The molecule has 0 saturated heterocycles. The summed E-state index contributed by atoms with van der Waals surface area (Å²) in [4.78, 5) is 4.17. The number of alkyl halides is 1. The third kappa shape index (κ3) is 17.6. The minimum atomic E-state index is 0.710. The molecular weight excluding hydrogens is 322 g/mol. The van der Waals surface area contributed by atoms with Crippen LogP contribution in [0.4, 0.5) is 0 Å². The van der Waals surface area contributed by atoms with Crippen LogP contribution in [0, 0.1) is 5.92 Å². The molecule has 0 amide bonds. The Kier molecular flexibility index (Phi) is 19.2. The minimum Gasteiger partial charge on any atom is -0.250 e. The Labute approximate surface area is 143 Å². The van der Waals surface area contributed by atoms with E-state index in [1.807, 2.05) is 32.3 Å². The number of halogens is 1. The number of hydrogen-bond acceptors (Lipinski definition) is 5. The first-order valence-electron chi connectivity index (χ1n) is 7.17. The molecule has 0 radical (unpaired) electrons. The fourth-order valence-corrected chi connectivity index (χ4v) is 2.93. The zero-order chi connectivity index (χ0) is 16.5. The number of thiazole rings is 1. The van der Waals surface area contributed by atoms with Crippen molar-refractivity contribution in [2.24, 2.45) is 16.1 Å². The van der Waals surface area contributed by atoms with Crippen LogP contribution in [0.5, 0.6) is 0 Å². The Morgan fingerprint density at radius 3 is 2.57 bits per heavy atom.